The average Bonchev–Trinajstić information content (AvgIpc) is 3.46. The van der Waals surface area contributed by atoms with E-state index in [1.807, 2.05) is 24.6 Å². The van der Waals surface area contributed by atoms with Gasteiger partial charge in [-0.3, -0.25) is 4.79 Å². The molecule has 0 saturated heterocycles. The number of aromatic nitrogens is 3. The summed E-state index contributed by atoms with van der Waals surface area (Å²) in [5.41, 5.74) is 2.96. The number of hydrogen-bond donors (Lipinski definition) is 1. The van der Waals surface area contributed by atoms with Gasteiger partial charge in [0.15, 0.2) is 5.82 Å². The lowest BCUT2D eigenvalue weighted by molar-refractivity contribution is 0.0811. The summed E-state index contributed by atoms with van der Waals surface area (Å²) >= 11 is 0. The third-order valence-corrected chi connectivity index (χ3v) is 6.24. The SMILES string of the molecule is C=C(Nc1nc(N(C)c2c(F)cc(C(=O)N(C)CC#N)cc2CC)cc2c1ncn2C)[C@H]1C[C@H]1F. The van der Waals surface area contributed by atoms with Gasteiger partial charge in [-0.1, -0.05) is 13.5 Å². The highest BCUT2D eigenvalue weighted by molar-refractivity contribution is 5.95. The van der Waals surface area contributed by atoms with Gasteiger partial charge < -0.3 is 19.7 Å². The molecule has 0 bridgehead atoms. The van der Waals surface area contributed by atoms with E-state index in [-0.39, 0.29) is 23.7 Å². The van der Waals surface area contributed by atoms with Gasteiger partial charge in [0.1, 0.15) is 29.9 Å². The van der Waals surface area contributed by atoms with Gasteiger partial charge in [0.25, 0.3) is 5.91 Å². The first kappa shape index (κ1) is 24.1. The van der Waals surface area contributed by atoms with Gasteiger partial charge in [0.2, 0.25) is 0 Å². The Hall–Kier alpha value is -4.00. The molecule has 0 unspecified atom stereocenters. The lowest BCUT2D eigenvalue weighted by Gasteiger charge is -2.24. The van der Waals surface area contributed by atoms with E-state index in [1.165, 1.54) is 18.0 Å². The second kappa shape index (κ2) is 9.33. The van der Waals surface area contributed by atoms with E-state index < -0.39 is 17.9 Å². The van der Waals surface area contributed by atoms with Crippen LogP contribution in [0.1, 0.15) is 29.3 Å². The van der Waals surface area contributed by atoms with E-state index in [4.69, 9.17) is 5.26 Å². The number of rotatable bonds is 8. The van der Waals surface area contributed by atoms with Crippen molar-refractivity contribution in [3.05, 3.63) is 53.7 Å². The highest BCUT2D eigenvalue weighted by atomic mass is 19.1. The van der Waals surface area contributed by atoms with Crippen LogP contribution in [0.25, 0.3) is 11.0 Å². The Bertz CT molecular complexity index is 1360. The topological polar surface area (TPSA) is 90.1 Å². The van der Waals surface area contributed by atoms with Crippen LogP contribution in [0.15, 0.2) is 36.8 Å². The summed E-state index contributed by atoms with van der Waals surface area (Å²) in [5.74, 6) is -0.411. The molecular weight excluding hydrogens is 452 g/mol. The molecular formula is C25H27F2N7O. The summed E-state index contributed by atoms with van der Waals surface area (Å²) in [6.45, 7) is 5.73. The zero-order chi connectivity index (χ0) is 25.4. The van der Waals surface area contributed by atoms with E-state index in [1.54, 1.807) is 30.4 Å². The Balaban J connectivity index is 1.75. The van der Waals surface area contributed by atoms with Crippen molar-refractivity contribution >= 4 is 34.3 Å². The second-order valence-corrected chi connectivity index (χ2v) is 8.76. The number of aryl methyl sites for hydroxylation is 2. The van der Waals surface area contributed by atoms with E-state index in [0.29, 0.717) is 41.3 Å². The summed E-state index contributed by atoms with van der Waals surface area (Å²) < 4.78 is 30.8. The third kappa shape index (κ3) is 4.54. The summed E-state index contributed by atoms with van der Waals surface area (Å²) in [6.07, 6.45) is 1.63. The minimum absolute atomic E-state index is 0.0940. The zero-order valence-electron chi connectivity index (χ0n) is 20.1. The van der Waals surface area contributed by atoms with Crippen molar-refractivity contribution < 1.29 is 13.6 Å². The van der Waals surface area contributed by atoms with Crippen molar-refractivity contribution in [2.45, 2.75) is 25.9 Å². The Morgan fingerprint density at radius 1 is 1.37 bits per heavy atom. The lowest BCUT2D eigenvalue weighted by atomic mass is 10.0. The molecule has 35 heavy (non-hydrogen) atoms. The molecule has 10 heteroatoms. The van der Waals surface area contributed by atoms with Crippen LogP contribution in [0.4, 0.5) is 26.1 Å². The van der Waals surface area contributed by atoms with E-state index >= 15 is 4.39 Å². The highest BCUT2D eigenvalue weighted by Crippen LogP contribution is 2.40. The van der Waals surface area contributed by atoms with Gasteiger partial charge >= 0.3 is 0 Å². The number of alkyl halides is 1. The normalized spacial score (nSPS) is 16.6. The average molecular weight is 480 g/mol. The van der Waals surface area contributed by atoms with Gasteiger partial charge in [0, 0.05) is 44.4 Å². The number of nitriles is 1. The maximum absolute atomic E-state index is 15.5. The fourth-order valence-corrected chi connectivity index (χ4v) is 4.08. The Morgan fingerprint density at radius 2 is 2.09 bits per heavy atom. The predicted molar refractivity (Wildman–Crippen MR) is 131 cm³/mol. The van der Waals surface area contributed by atoms with E-state index in [2.05, 4.69) is 21.9 Å². The molecule has 4 rings (SSSR count). The number of pyridine rings is 1. The van der Waals surface area contributed by atoms with Gasteiger partial charge in [-0.05, 0) is 30.5 Å². The molecule has 2 aromatic heterocycles. The monoisotopic (exact) mass is 479 g/mol. The zero-order valence-corrected chi connectivity index (χ0v) is 20.1. The smallest absolute Gasteiger partial charge is 0.254 e. The van der Waals surface area contributed by atoms with Crippen LogP contribution in [0.3, 0.4) is 0 Å². The number of benzene rings is 1. The fourth-order valence-electron chi connectivity index (χ4n) is 4.08. The molecule has 1 saturated carbocycles. The quantitative estimate of drug-likeness (QED) is 0.484. The maximum atomic E-state index is 15.5. The second-order valence-electron chi connectivity index (χ2n) is 8.76. The van der Waals surface area contributed by atoms with Crippen LogP contribution in [-0.2, 0) is 13.5 Å². The van der Waals surface area contributed by atoms with Crippen molar-refractivity contribution in [1.29, 1.82) is 5.26 Å². The number of carbonyl (C=O) groups excluding carboxylic acids is 1. The highest BCUT2D eigenvalue weighted by Gasteiger charge is 2.40. The Labute approximate surface area is 202 Å². The van der Waals surface area contributed by atoms with Gasteiger partial charge in [-0.15, -0.1) is 0 Å². The van der Waals surface area contributed by atoms with Crippen LogP contribution < -0.4 is 10.2 Å². The third-order valence-electron chi connectivity index (χ3n) is 6.24. The number of carbonyl (C=O) groups is 1. The molecule has 1 fully saturated rings. The summed E-state index contributed by atoms with van der Waals surface area (Å²) in [5, 5.41) is 12.0. The van der Waals surface area contributed by atoms with Crippen LogP contribution in [0.2, 0.25) is 0 Å². The van der Waals surface area contributed by atoms with Crippen molar-refractivity contribution in [3.63, 3.8) is 0 Å². The molecule has 182 valence electrons. The van der Waals surface area contributed by atoms with Gasteiger partial charge in [0.05, 0.1) is 23.6 Å². The molecule has 3 aromatic rings. The van der Waals surface area contributed by atoms with Crippen LogP contribution in [0.5, 0.6) is 0 Å². The Morgan fingerprint density at radius 3 is 2.71 bits per heavy atom. The van der Waals surface area contributed by atoms with Crippen LogP contribution in [0, 0.1) is 23.1 Å². The number of amides is 1. The van der Waals surface area contributed by atoms with Crippen molar-refractivity contribution in [2.24, 2.45) is 13.0 Å². The lowest BCUT2D eigenvalue weighted by Crippen LogP contribution is -2.27. The molecule has 0 radical (unpaired) electrons. The standard InChI is InChI=1S/C25H27F2N7O/c1-6-15-9-16(25(35)32(3)8-7-28)10-19(27)23(15)34(5)21-12-20-22(29-13-33(20)4)24(31-21)30-14(2)17-11-18(17)26/h9-10,12-13,17-18H,2,6,8,11H2,1,3-5H3,(H,30,31)/t17-,18-/m1/s1. The first-order valence-corrected chi connectivity index (χ1v) is 11.3. The number of anilines is 3. The van der Waals surface area contributed by atoms with Crippen LogP contribution in [-0.4, -0.2) is 52.2 Å². The van der Waals surface area contributed by atoms with Gasteiger partial charge in [-0.2, -0.15) is 5.26 Å². The first-order chi connectivity index (χ1) is 16.7. The summed E-state index contributed by atoms with van der Waals surface area (Å²) in [7, 11) is 5.03. The summed E-state index contributed by atoms with van der Waals surface area (Å²) in [4.78, 5) is 24.6. The summed E-state index contributed by atoms with van der Waals surface area (Å²) in [6, 6.07) is 6.53. The number of hydrogen-bond acceptors (Lipinski definition) is 6. The number of nitrogens with zero attached hydrogens (tertiary/aromatic N) is 6. The van der Waals surface area contributed by atoms with Gasteiger partial charge in [-0.25, -0.2) is 18.7 Å². The van der Waals surface area contributed by atoms with Crippen molar-refractivity contribution in [1.82, 2.24) is 19.4 Å². The predicted octanol–water partition coefficient (Wildman–Crippen LogP) is 4.32. The molecule has 1 N–H and O–H groups in total. The Kier molecular flexibility index (Phi) is 6.43. The number of fused-ring (bicyclic) bond motifs is 1. The minimum Gasteiger partial charge on any atom is -0.342 e. The largest absolute Gasteiger partial charge is 0.342 e. The van der Waals surface area contributed by atoms with Crippen molar-refractivity contribution in [2.75, 3.05) is 30.9 Å². The molecule has 1 aliphatic carbocycles. The molecule has 0 spiro atoms. The molecule has 0 aliphatic heterocycles. The van der Waals surface area contributed by atoms with Crippen molar-refractivity contribution in [3.8, 4) is 6.07 Å². The number of nitrogens with one attached hydrogen (secondary N) is 1. The molecule has 8 nitrogen and oxygen atoms in total. The number of halogens is 2. The maximum Gasteiger partial charge on any atom is 0.254 e. The number of allylic oxidation sites excluding steroid dienone is 1. The molecule has 2 heterocycles. The fraction of sp³-hybridized carbons (Fsp3) is 0.360. The van der Waals surface area contributed by atoms with Crippen LogP contribution >= 0.6 is 0 Å². The van der Waals surface area contributed by atoms with E-state index in [0.717, 1.165) is 5.52 Å². The molecule has 1 aromatic carbocycles. The minimum atomic E-state index is -0.908. The van der Waals surface area contributed by atoms with E-state index in [9.17, 15) is 9.18 Å². The molecule has 1 amide bonds. The molecule has 2 atom stereocenters. The number of imidazole rings is 1. The molecule has 1 aliphatic rings. The first-order valence-electron chi connectivity index (χ1n) is 11.3.